The van der Waals surface area contributed by atoms with Crippen molar-refractivity contribution >= 4 is 46.3 Å². The number of ether oxygens (including phenoxy) is 2. The number of rotatable bonds is 9. The van der Waals surface area contributed by atoms with E-state index in [1.54, 1.807) is 0 Å². The predicted molar refractivity (Wildman–Crippen MR) is 139 cm³/mol. The lowest BCUT2D eigenvalue weighted by Gasteiger charge is -2.17. The van der Waals surface area contributed by atoms with Crippen molar-refractivity contribution in [1.29, 1.82) is 0 Å². The molecule has 1 aliphatic rings. The molecular formula is C23H25ClN8O5S. The second-order valence-corrected chi connectivity index (χ2v) is 10.0. The molecule has 5 atom stereocenters. The lowest BCUT2D eigenvalue weighted by Crippen LogP contribution is -2.34. The average molecular weight is 561 g/mol. The highest BCUT2D eigenvalue weighted by atomic mass is 35.5. The Labute approximate surface area is 226 Å². The highest BCUT2D eigenvalue weighted by molar-refractivity contribution is 7.99. The van der Waals surface area contributed by atoms with Gasteiger partial charge in [-0.3, -0.25) is 14.5 Å². The fourth-order valence-electron chi connectivity index (χ4n) is 3.98. The van der Waals surface area contributed by atoms with Gasteiger partial charge in [-0.05, 0) is 18.5 Å². The van der Waals surface area contributed by atoms with E-state index in [1.165, 1.54) is 29.6 Å². The molecule has 0 aliphatic carbocycles. The zero-order chi connectivity index (χ0) is 26.8. The summed E-state index contributed by atoms with van der Waals surface area (Å²) in [5, 5.41) is 32.1. The van der Waals surface area contributed by atoms with Gasteiger partial charge in [0.05, 0.1) is 6.33 Å². The first kappa shape index (κ1) is 26.3. The van der Waals surface area contributed by atoms with E-state index in [-0.39, 0.29) is 17.9 Å². The molecule has 3 aromatic heterocycles. The van der Waals surface area contributed by atoms with Gasteiger partial charge in [-0.15, -0.1) is 5.10 Å². The number of carbonyl (C=O) groups excluding carboxylic acids is 1. The molecule has 200 valence electrons. The van der Waals surface area contributed by atoms with Gasteiger partial charge in [0.25, 0.3) is 0 Å². The maximum atomic E-state index is 11.1. The number of imidazole rings is 1. The average Bonchev–Trinajstić information content (AvgIpc) is 3.61. The quantitative estimate of drug-likeness (QED) is 0.133. The summed E-state index contributed by atoms with van der Waals surface area (Å²) in [5.74, 6) is 1.19. The number of aromatic nitrogens is 7. The molecule has 1 saturated heterocycles. The number of H-pyrrole nitrogens is 1. The number of hydrogen-bond donors (Lipinski definition) is 4. The first-order chi connectivity index (χ1) is 18.3. The third-order valence-electron chi connectivity index (χ3n) is 5.81. The summed E-state index contributed by atoms with van der Waals surface area (Å²) in [4.78, 5) is 28.6. The molecule has 4 N–H and O–H groups in total. The van der Waals surface area contributed by atoms with Crippen LogP contribution < -0.4 is 5.32 Å². The molecule has 0 radical (unpaired) electrons. The number of anilines is 1. The maximum absolute atomic E-state index is 11.1. The molecular weight excluding hydrogens is 536 g/mol. The lowest BCUT2D eigenvalue weighted by molar-refractivity contribution is -0.147. The van der Waals surface area contributed by atoms with Crippen LogP contribution in [0.25, 0.3) is 22.6 Å². The van der Waals surface area contributed by atoms with Crippen LogP contribution in [0.1, 0.15) is 20.1 Å². The number of aliphatic hydroxyl groups is 2. The van der Waals surface area contributed by atoms with Gasteiger partial charge in [-0.25, -0.2) is 9.97 Å². The van der Waals surface area contributed by atoms with Crippen LogP contribution >= 0.6 is 23.4 Å². The van der Waals surface area contributed by atoms with Crippen molar-refractivity contribution in [3.63, 3.8) is 0 Å². The van der Waals surface area contributed by atoms with Crippen LogP contribution in [0.5, 0.6) is 0 Å². The minimum absolute atomic E-state index is 0.0347. The van der Waals surface area contributed by atoms with Crippen molar-refractivity contribution in [3.05, 3.63) is 41.9 Å². The van der Waals surface area contributed by atoms with Crippen LogP contribution in [0.4, 0.5) is 5.82 Å². The zero-order valence-corrected chi connectivity index (χ0v) is 21.9. The highest BCUT2D eigenvalue weighted by Crippen LogP contribution is 2.33. The standard InChI is InChI=1S/C23H25ClN8O5S/c1-11(9-38-23-28-18(30-31-23)13-6-4-3-5-7-13)26-19-15-20(29-22(24)27-19)32(10-25-15)21-17(35)16(34)14(37-21)8-36-12(2)33/h3-7,10-11,14,16-17,21,34-35H,8-9H2,1-2H3,(H,26,27,29)(H,28,30,31)/t11-,14-,16?,17?,21-/m1/s1. The van der Waals surface area contributed by atoms with Gasteiger partial charge in [0.1, 0.15) is 24.9 Å². The van der Waals surface area contributed by atoms with Gasteiger partial charge in [0, 0.05) is 24.3 Å². The summed E-state index contributed by atoms with van der Waals surface area (Å²) in [7, 11) is 0. The van der Waals surface area contributed by atoms with Gasteiger partial charge in [-0.1, -0.05) is 42.1 Å². The Morgan fingerprint density at radius 2 is 2.05 bits per heavy atom. The molecule has 4 heterocycles. The van der Waals surface area contributed by atoms with Gasteiger partial charge in [-0.2, -0.15) is 9.97 Å². The van der Waals surface area contributed by atoms with Gasteiger partial charge in [0.2, 0.25) is 10.4 Å². The zero-order valence-electron chi connectivity index (χ0n) is 20.4. The molecule has 38 heavy (non-hydrogen) atoms. The molecule has 0 saturated carbocycles. The van der Waals surface area contributed by atoms with Crippen molar-refractivity contribution < 1.29 is 24.5 Å². The normalized spacial score (nSPS) is 22.0. The Morgan fingerprint density at radius 3 is 2.82 bits per heavy atom. The topological polar surface area (TPSA) is 173 Å². The molecule has 1 fully saturated rings. The van der Waals surface area contributed by atoms with Crippen LogP contribution in [-0.2, 0) is 14.3 Å². The second-order valence-electron chi connectivity index (χ2n) is 8.70. The molecule has 0 bridgehead atoms. The summed E-state index contributed by atoms with van der Waals surface area (Å²) in [6.07, 6.45) is -3.10. The van der Waals surface area contributed by atoms with E-state index in [4.69, 9.17) is 21.1 Å². The number of esters is 1. The van der Waals surface area contributed by atoms with E-state index in [9.17, 15) is 15.0 Å². The van der Waals surface area contributed by atoms with E-state index < -0.39 is 30.5 Å². The molecule has 13 nitrogen and oxygen atoms in total. The van der Waals surface area contributed by atoms with Crippen LogP contribution in [0.3, 0.4) is 0 Å². The molecule has 2 unspecified atom stereocenters. The molecule has 4 aromatic rings. The van der Waals surface area contributed by atoms with E-state index in [0.29, 0.717) is 33.7 Å². The molecule has 5 rings (SSSR count). The summed E-state index contributed by atoms with van der Waals surface area (Å²) in [5.41, 5.74) is 1.66. The lowest BCUT2D eigenvalue weighted by atomic mass is 10.1. The van der Waals surface area contributed by atoms with Crippen molar-refractivity contribution in [1.82, 2.24) is 34.7 Å². The SMILES string of the molecule is CC(=O)OC[C@H]1O[C@@H](n2cnc3c(N[C@H](C)CSc4n[nH]c(-c5ccccc5)n4)nc(Cl)nc32)C(O)C1O. The predicted octanol–water partition coefficient (Wildman–Crippen LogP) is 2.04. The Morgan fingerprint density at radius 1 is 1.26 bits per heavy atom. The van der Waals surface area contributed by atoms with Crippen LogP contribution in [0.15, 0.2) is 41.8 Å². The van der Waals surface area contributed by atoms with Crippen molar-refractivity contribution in [2.75, 3.05) is 17.7 Å². The van der Waals surface area contributed by atoms with Gasteiger partial charge in [0.15, 0.2) is 29.0 Å². The highest BCUT2D eigenvalue weighted by Gasteiger charge is 2.45. The minimum atomic E-state index is -1.31. The summed E-state index contributed by atoms with van der Waals surface area (Å²) in [6, 6.07) is 9.65. The molecule has 0 spiro atoms. The van der Waals surface area contributed by atoms with E-state index >= 15 is 0 Å². The summed E-state index contributed by atoms with van der Waals surface area (Å²) in [6.45, 7) is 3.02. The Balaban J connectivity index is 1.28. The van der Waals surface area contributed by atoms with E-state index in [1.807, 2.05) is 37.3 Å². The third kappa shape index (κ3) is 5.59. The van der Waals surface area contributed by atoms with Gasteiger partial charge >= 0.3 is 5.97 Å². The number of fused-ring (bicyclic) bond motifs is 1. The largest absolute Gasteiger partial charge is 0.463 e. The van der Waals surface area contributed by atoms with E-state index in [0.717, 1.165) is 5.56 Å². The Kier molecular flexibility index (Phi) is 7.76. The number of halogens is 1. The number of thioether (sulfide) groups is 1. The number of benzene rings is 1. The number of nitrogens with one attached hydrogen (secondary N) is 2. The Hall–Kier alpha value is -3.30. The fraction of sp³-hybridized carbons (Fsp3) is 0.391. The van der Waals surface area contributed by atoms with Crippen molar-refractivity contribution in [3.8, 4) is 11.4 Å². The van der Waals surface area contributed by atoms with Gasteiger partial charge < -0.3 is 25.0 Å². The van der Waals surface area contributed by atoms with Crippen LogP contribution in [-0.4, -0.2) is 87.6 Å². The number of aromatic amines is 1. The Bertz CT molecular complexity index is 1420. The van der Waals surface area contributed by atoms with E-state index in [2.05, 4.69) is 35.5 Å². The third-order valence-corrected chi connectivity index (χ3v) is 7.09. The minimum Gasteiger partial charge on any atom is -0.463 e. The van der Waals surface area contributed by atoms with Crippen LogP contribution in [0, 0.1) is 0 Å². The molecule has 1 aliphatic heterocycles. The number of hydrogen-bond acceptors (Lipinski definition) is 12. The first-order valence-corrected chi connectivity index (χ1v) is 13.1. The van der Waals surface area contributed by atoms with Crippen LogP contribution in [0.2, 0.25) is 5.28 Å². The second kappa shape index (κ2) is 11.2. The number of nitrogens with zero attached hydrogens (tertiary/aromatic N) is 6. The number of aliphatic hydroxyl groups excluding tert-OH is 2. The summed E-state index contributed by atoms with van der Waals surface area (Å²) < 4.78 is 12.2. The molecule has 1 aromatic carbocycles. The first-order valence-electron chi connectivity index (χ1n) is 11.7. The molecule has 15 heteroatoms. The van der Waals surface area contributed by atoms with Crippen molar-refractivity contribution in [2.24, 2.45) is 0 Å². The molecule has 0 amide bonds. The van der Waals surface area contributed by atoms with Crippen molar-refractivity contribution in [2.45, 2.75) is 49.6 Å². The fourth-order valence-corrected chi connectivity index (χ4v) is 4.90. The number of carbonyl (C=O) groups is 1. The smallest absolute Gasteiger partial charge is 0.302 e. The maximum Gasteiger partial charge on any atom is 0.302 e. The summed E-state index contributed by atoms with van der Waals surface area (Å²) >= 11 is 7.68. The monoisotopic (exact) mass is 560 g/mol.